The molecule has 0 saturated carbocycles. The number of aromatic amines is 1. The predicted octanol–water partition coefficient (Wildman–Crippen LogP) is 2.75. The maximum atomic E-state index is 12.8. The fraction of sp³-hybridized carbons (Fsp3) is 0.133. The number of H-pyrrole nitrogens is 1. The number of nitrogens with one attached hydrogen (secondary N) is 1. The Hall–Kier alpha value is -2.20. The Morgan fingerprint density at radius 3 is 2.53 bits per heavy atom. The number of imidazole rings is 1. The van der Waals surface area contributed by atoms with Gasteiger partial charge in [0.1, 0.15) is 11.6 Å². The van der Waals surface area contributed by atoms with Crippen LogP contribution in [0.3, 0.4) is 0 Å². The Bertz CT molecular complexity index is 701. The van der Waals surface area contributed by atoms with Crippen LogP contribution in [0.2, 0.25) is 0 Å². The molecule has 3 nitrogen and oxygen atoms in total. The lowest BCUT2D eigenvalue weighted by atomic mass is 10.1. The van der Waals surface area contributed by atoms with E-state index < -0.39 is 0 Å². The molecule has 0 unspecified atom stereocenters. The summed E-state index contributed by atoms with van der Waals surface area (Å²) in [5, 5.41) is 0. The van der Waals surface area contributed by atoms with Gasteiger partial charge in [-0.05, 0) is 35.4 Å². The van der Waals surface area contributed by atoms with Crippen molar-refractivity contribution >= 4 is 11.0 Å². The van der Waals surface area contributed by atoms with Gasteiger partial charge < -0.3 is 10.7 Å². The molecular weight excluding hydrogens is 241 g/mol. The first-order valence-electron chi connectivity index (χ1n) is 6.16. The van der Waals surface area contributed by atoms with Gasteiger partial charge in [0.25, 0.3) is 0 Å². The maximum absolute atomic E-state index is 12.8. The third-order valence-corrected chi connectivity index (χ3v) is 3.12. The minimum atomic E-state index is -0.221. The number of aromatic nitrogens is 2. The molecular formula is C15H14FN3. The van der Waals surface area contributed by atoms with Crippen LogP contribution in [-0.2, 0) is 13.0 Å². The summed E-state index contributed by atoms with van der Waals surface area (Å²) in [6, 6.07) is 12.4. The van der Waals surface area contributed by atoms with Gasteiger partial charge in [-0.3, -0.25) is 0 Å². The highest BCUT2D eigenvalue weighted by Gasteiger charge is 2.04. The molecule has 0 fully saturated rings. The van der Waals surface area contributed by atoms with Crippen molar-refractivity contribution in [2.75, 3.05) is 0 Å². The number of nitrogens with two attached hydrogens (primary N) is 1. The third kappa shape index (κ3) is 2.48. The Morgan fingerprint density at radius 2 is 1.79 bits per heavy atom. The molecule has 0 saturated heterocycles. The first kappa shape index (κ1) is 11.9. The largest absolute Gasteiger partial charge is 0.342 e. The number of nitrogens with zero attached hydrogens (tertiary/aromatic N) is 1. The molecule has 0 aliphatic carbocycles. The summed E-state index contributed by atoms with van der Waals surface area (Å²) in [5.74, 6) is 0.650. The zero-order valence-electron chi connectivity index (χ0n) is 10.4. The molecule has 0 bridgehead atoms. The van der Waals surface area contributed by atoms with Gasteiger partial charge in [-0.25, -0.2) is 9.37 Å². The van der Waals surface area contributed by atoms with Crippen molar-refractivity contribution in [1.82, 2.24) is 9.97 Å². The van der Waals surface area contributed by atoms with Crippen LogP contribution in [0.25, 0.3) is 11.0 Å². The van der Waals surface area contributed by atoms with E-state index in [0.717, 1.165) is 28.0 Å². The second kappa shape index (κ2) is 4.82. The number of benzene rings is 2. The van der Waals surface area contributed by atoms with E-state index in [4.69, 9.17) is 5.73 Å². The minimum Gasteiger partial charge on any atom is -0.342 e. The zero-order chi connectivity index (χ0) is 13.2. The quantitative estimate of drug-likeness (QED) is 0.756. The van der Waals surface area contributed by atoms with E-state index in [1.54, 1.807) is 12.1 Å². The normalized spacial score (nSPS) is 11.1. The van der Waals surface area contributed by atoms with Crippen molar-refractivity contribution in [2.24, 2.45) is 5.73 Å². The lowest BCUT2D eigenvalue weighted by Crippen LogP contribution is -1.95. The summed E-state index contributed by atoms with van der Waals surface area (Å²) >= 11 is 0. The lowest BCUT2D eigenvalue weighted by Gasteiger charge is -1.97. The van der Waals surface area contributed by atoms with E-state index in [9.17, 15) is 4.39 Å². The molecule has 0 aliphatic heterocycles. The summed E-state index contributed by atoms with van der Waals surface area (Å²) in [6.45, 7) is 0.516. The van der Waals surface area contributed by atoms with Crippen LogP contribution < -0.4 is 5.73 Å². The van der Waals surface area contributed by atoms with E-state index in [1.807, 2.05) is 18.2 Å². The zero-order valence-corrected chi connectivity index (χ0v) is 10.4. The van der Waals surface area contributed by atoms with Gasteiger partial charge in [0.2, 0.25) is 0 Å². The Kier molecular flexibility index (Phi) is 3.01. The highest BCUT2D eigenvalue weighted by Crippen LogP contribution is 2.16. The second-order valence-electron chi connectivity index (χ2n) is 4.54. The van der Waals surface area contributed by atoms with Crippen molar-refractivity contribution in [1.29, 1.82) is 0 Å². The fourth-order valence-electron chi connectivity index (χ4n) is 2.12. The van der Waals surface area contributed by atoms with E-state index in [1.165, 1.54) is 12.1 Å². The summed E-state index contributed by atoms with van der Waals surface area (Å²) in [4.78, 5) is 7.79. The SMILES string of the molecule is NCc1ccc2nc(Cc3ccc(F)cc3)[nH]c2c1. The smallest absolute Gasteiger partial charge is 0.123 e. The number of halogens is 1. The van der Waals surface area contributed by atoms with Gasteiger partial charge in [0, 0.05) is 13.0 Å². The van der Waals surface area contributed by atoms with Crippen molar-refractivity contribution in [3.63, 3.8) is 0 Å². The van der Waals surface area contributed by atoms with Crippen molar-refractivity contribution in [3.8, 4) is 0 Å². The summed E-state index contributed by atoms with van der Waals surface area (Å²) in [7, 11) is 0. The fourth-order valence-corrected chi connectivity index (χ4v) is 2.12. The first-order valence-corrected chi connectivity index (χ1v) is 6.16. The molecule has 3 rings (SSSR count). The topological polar surface area (TPSA) is 54.7 Å². The average Bonchev–Trinajstić information content (AvgIpc) is 2.82. The summed E-state index contributed by atoms with van der Waals surface area (Å²) in [6.07, 6.45) is 0.660. The second-order valence-corrected chi connectivity index (χ2v) is 4.54. The average molecular weight is 255 g/mol. The van der Waals surface area contributed by atoms with Gasteiger partial charge in [-0.1, -0.05) is 18.2 Å². The summed E-state index contributed by atoms with van der Waals surface area (Å²) < 4.78 is 12.8. The molecule has 0 spiro atoms. The molecule has 3 aromatic rings. The van der Waals surface area contributed by atoms with E-state index in [-0.39, 0.29) is 5.82 Å². The van der Waals surface area contributed by atoms with Gasteiger partial charge in [0.15, 0.2) is 0 Å². The number of hydrogen-bond acceptors (Lipinski definition) is 2. The monoisotopic (exact) mass is 255 g/mol. The van der Waals surface area contributed by atoms with E-state index >= 15 is 0 Å². The van der Waals surface area contributed by atoms with Crippen molar-refractivity contribution < 1.29 is 4.39 Å². The van der Waals surface area contributed by atoms with Crippen LogP contribution >= 0.6 is 0 Å². The van der Waals surface area contributed by atoms with Crippen LogP contribution in [0.5, 0.6) is 0 Å². The number of rotatable bonds is 3. The van der Waals surface area contributed by atoms with Crippen LogP contribution in [0.4, 0.5) is 4.39 Å². The van der Waals surface area contributed by atoms with Crippen molar-refractivity contribution in [3.05, 3.63) is 65.2 Å². The molecule has 0 atom stereocenters. The molecule has 19 heavy (non-hydrogen) atoms. The van der Waals surface area contributed by atoms with Crippen LogP contribution in [0, 0.1) is 5.82 Å². The minimum absolute atomic E-state index is 0.221. The third-order valence-electron chi connectivity index (χ3n) is 3.12. The van der Waals surface area contributed by atoms with Crippen LogP contribution in [0.15, 0.2) is 42.5 Å². The summed E-state index contributed by atoms with van der Waals surface area (Å²) in [5.41, 5.74) is 9.63. The Labute approximate surface area is 110 Å². The molecule has 1 heterocycles. The maximum Gasteiger partial charge on any atom is 0.123 e. The van der Waals surface area contributed by atoms with Gasteiger partial charge in [0.05, 0.1) is 11.0 Å². The van der Waals surface area contributed by atoms with Gasteiger partial charge >= 0.3 is 0 Å². The number of hydrogen-bond donors (Lipinski definition) is 2. The van der Waals surface area contributed by atoms with E-state index in [0.29, 0.717) is 13.0 Å². The molecule has 96 valence electrons. The molecule has 0 aliphatic rings. The highest BCUT2D eigenvalue weighted by atomic mass is 19.1. The Balaban J connectivity index is 1.90. The Morgan fingerprint density at radius 1 is 1.05 bits per heavy atom. The molecule has 3 N–H and O–H groups in total. The molecule has 2 aromatic carbocycles. The number of fused-ring (bicyclic) bond motifs is 1. The molecule has 4 heteroatoms. The lowest BCUT2D eigenvalue weighted by molar-refractivity contribution is 0.627. The standard InChI is InChI=1S/C15H14FN3/c16-12-4-1-10(2-5-12)8-15-18-13-6-3-11(9-17)7-14(13)19-15/h1-7H,8-9,17H2,(H,18,19). The molecule has 1 aromatic heterocycles. The van der Waals surface area contributed by atoms with Crippen LogP contribution in [0.1, 0.15) is 17.0 Å². The molecule has 0 amide bonds. The predicted molar refractivity (Wildman–Crippen MR) is 73.2 cm³/mol. The van der Waals surface area contributed by atoms with Gasteiger partial charge in [-0.15, -0.1) is 0 Å². The highest BCUT2D eigenvalue weighted by molar-refractivity contribution is 5.75. The van der Waals surface area contributed by atoms with E-state index in [2.05, 4.69) is 9.97 Å². The van der Waals surface area contributed by atoms with Crippen LogP contribution in [-0.4, -0.2) is 9.97 Å². The van der Waals surface area contributed by atoms with Crippen molar-refractivity contribution in [2.45, 2.75) is 13.0 Å². The molecule has 0 radical (unpaired) electrons. The first-order chi connectivity index (χ1) is 9.24. The van der Waals surface area contributed by atoms with Gasteiger partial charge in [-0.2, -0.15) is 0 Å².